The number of aromatic nitrogens is 2. The Morgan fingerprint density at radius 3 is 2.24 bits per heavy atom. The van der Waals surface area contributed by atoms with Gasteiger partial charge in [-0.1, -0.05) is 6.07 Å². The molecule has 2 aromatic rings. The van der Waals surface area contributed by atoms with E-state index in [0.717, 1.165) is 11.2 Å². The summed E-state index contributed by atoms with van der Waals surface area (Å²) in [5, 5.41) is 0. The smallest absolute Gasteiger partial charge is 0.301 e. The molecule has 0 aliphatic heterocycles. The van der Waals surface area contributed by atoms with Crippen molar-refractivity contribution in [2.75, 3.05) is 0 Å². The molecule has 21 heavy (non-hydrogen) atoms. The zero-order valence-corrected chi connectivity index (χ0v) is 14.6. The largest absolute Gasteiger partial charge is 0.380 e. The molecule has 0 saturated heterocycles. The number of pyridine rings is 1. The molecule has 0 saturated carbocycles. The normalized spacial score (nSPS) is 12.1. The number of aryl methyl sites for hydroxylation is 1. The Balaban J connectivity index is 0.00000220. The quantitative estimate of drug-likeness (QED) is 0.783. The molecule has 0 radical (unpaired) electrons. The van der Waals surface area contributed by atoms with E-state index in [0.29, 0.717) is 5.44 Å². The predicted octanol–water partition coefficient (Wildman–Crippen LogP) is 3.73. The number of fused-ring (bicyclic) bond motifs is 1. The summed E-state index contributed by atoms with van der Waals surface area (Å²) in [5.74, 6) is 0. The summed E-state index contributed by atoms with van der Waals surface area (Å²) in [7, 11) is -3.40. The Bertz CT molecular complexity index is 641. The van der Waals surface area contributed by atoms with Gasteiger partial charge in [-0.15, -0.1) is 12.4 Å². The molecule has 0 aliphatic rings. The van der Waals surface area contributed by atoms with Gasteiger partial charge in [0.25, 0.3) is 0 Å². The van der Waals surface area contributed by atoms with Crippen LogP contribution in [0.3, 0.4) is 0 Å². The highest BCUT2D eigenvalue weighted by atomic mass is 35.5. The highest BCUT2D eigenvalue weighted by Gasteiger charge is 2.33. The molecule has 0 aliphatic carbocycles. The fourth-order valence-electron chi connectivity index (χ4n) is 1.96. The number of imidazole rings is 1. The van der Waals surface area contributed by atoms with Crippen LogP contribution in [-0.2, 0) is 13.6 Å². The molecular weight excluding hydrogens is 311 g/mol. The van der Waals surface area contributed by atoms with Crippen LogP contribution in [0.15, 0.2) is 24.5 Å². The van der Waals surface area contributed by atoms with E-state index in [-0.39, 0.29) is 24.6 Å². The van der Waals surface area contributed by atoms with Crippen LogP contribution in [0.2, 0.25) is 0 Å². The van der Waals surface area contributed by atoms with Crippen LogP contribution in [-0.4, -0.2) is 21.6 Å². The van der Waals surface area contributed by atoms with Gasteiger partial charge in [-0.25, -0.2) is 4.98 Å². The number of hydrogen-bond acceptors (Lipinski definition) is 4. The maximum Gasteiger partial charge on any atom is 0.380 e. The van der Waals surface area contributed by atoms with E-state index in [2.05, 4.69) is 4.98 Å². The maximum absolute atomic E-state index is 13.1. The molecule has 0 unspecified atom stereocenters. The fourth-order valence-corrected chi connectivity index (χ4v) is 3.96. The van der Waals surface area contributed by atoms with Gasteiger partial charge in [0.2, 0.25) is 0 Å². The minimum Gasteiger partial charge on any atom is -0.301 e. The lowest BCUT2D eigenvalue weighted by Gasteiger charge is -2.22. The standard InChI is InChI=1S/C14H21N2O3P.ClH/c1-10(2)18-20(17,19-11(3)4)14-8-15-13-7-6-12(5)9-16(13)14;/h6-11H,1-5H3;1H. The van der Waals surface area contributed by atoms with Gasteiger partial charge in [-0.3, -0.25) is 8.97 Å². The predicted molar refractivity (Wildman–Crippen MR) is 86.9 cm³/mol. The molecule has 0 atom stereocenters. The summed E-state index contributed by atoms with van der Waals surface area (Å²) < 4.78 is 26.1. The third-order valence-corrected chi connectivity index (χ3v) is 4.90. The third kappa shape index (κ3) is 4.07. The average Bonchev–Trinajstić information content (AvgIpc) is 2.69. The van der Waals surface area contributed by atoms with Gasteiger partial charge in [-0.2, -0.15) is 0 Å². The van der Waals surface area contributed by atoms with Crippen LogP contribution < -0.4 is 5.44 Å². The number of hydrogen-bond donors (Lipinski definition) is 0. The molecule has 0 bridgehead atoms. The first-order chi connectivity index (χ1) is 9.32. The highest BCUT2D eigenvalue weighted by Crippen LogP contribution is 2.49. The van der Waals surface area contributed by atoms with Crippen molar-refractivity contribution < 1.29 is 13.6 Å². The molecule has 5 nitrogen and oxygen atoms in total. The van der Waals surface area contributed by atoms with Crippen molar-refractivity contribution >= 4 is 31.1 Å². The molecule has 2 heterocycles. The molecule has 0 spiro atoms. The van der Waals surface area contributed by atoms with Gasteiger partial charge in [0.05, 0.1) is 18.4 Å². The molecule has 2 aromatic heterocycles. The zero-order valence-electron chi connectivity index (χ0n) is 12.9. The highest BCUT2D eigenvalue weighted by molar-refractivity contribution is 7.62. The number of nitrogens with zero attached hydrogens (tertiary/aromatic N) is 2. The molecule has 118 valence electrons. The van der Waals surface area contributed by atoms with E-state index < -0.39 is 7.60 Å². The second kappa shape index (κ2) is 6.93. The van der Waals surface area contributed by atoms with Crippen molar-refractivity contribution in [2.45, 2.75) is 46.8 Å². The van der Waals surface area contributed by atoms with Crippen molar-refractivity contribution in [3.05, 3.63) is 30.1 Å². The Morgan fingerprint density at radius 2 is 1.71 bits per heavy atom. The first-order valence-electron chi connectivity index (χ1n) is 6.73. The minimum atomic E-state index is -3.40. The molecule has 2 rings (SSSR count). The van der Waals surface area contributed by atoms with Crippen LogP contribution in [0.25, 0.3) is 5.65 Å². The summed E-state index contributed by atoms with van der Waals surface area (Å²) in [6, 6.07) is 3.84. The Labute approximate surface area is 131 Å². The van der Waals surface area contributed by atoms with Crippen molar-refractivity contribution in [3.8, 4) is 0 Å². The lowest BCUT2D eigenvalue weighted by Crippen LogP contribution is -2.20. The summed E-state index contributed by atoms with van der Waals surface area (Å²) in [6.07, 6.45) is 3.06. The summed E-state index contributed by atoms with van der Waals surface area (Å²) in [4.78, 5) is 4.27. The van der Waals surface area contributed by atoms with E-state index in [9.17, 15) is 4.57 Å². The topological polar surface area (TPSA) is 52.8 Å². The van der Waals surface area contributed by atoms with Gasteiger partial charge in [0, 0.05) is 6.20 Å². The second-order valence-electron chi connectivity index (χ2n) is 5.36. The van der Waals surface area contributed by atoms with Crippen LogP contribution >= 0.6 is 20.0 Å². The SMILES string of the molecule is Cc1ccc2ncc(P(=O)(OC(C)C)OC(C)C)n2c1.Cl. The number of halogens is 1. The molecule has 0 N–H and O–H groups in total. The third-order valence-electron chi connectivity index (χ3n) is 2.61. The van der Waals surface area contributed by atoms with Crippen molar-refractivity contribution in [2.24, 2.45) is 0 Å². The van der Waals surface area contributed by atoms with E-state index >= 15 is 0 Å². The molecular formula is C14H22ClN2O3P. The van der Waals surface area contributed by atoms with Crippen molar-refractivity contribution in [3.63, 3.8) is 0 Å². The lowest BCUT2D eigenvalue weighted by atomic mass is 10.3. The van der Waals surface area contributed by atoms with E-state index in [1.165, 1.54) is 0 Å². The maximum atomic E-state index is 13.1. The second-order valence-corrected chi connectivity index (χ2v) is 7.23. The van der Waals surface area contributed by atoms with E-state index in [1.807, 2.05) is 52.9 Å². The average molecular weight is 333 g/mol. The van der Waals surface area contributed by atoms with Gasteiger partial charge >= 0.3 is 7.60 Å². The van der Waals surface area contributed by atoms with Crippen LogP contribution in [0.4, 0.5) is 0 Å². The molecule has 0 fully saturated rings. The van der Waals surface area contributed by atoms with Gasteiger partial charge in [0.15, 0.2) is 5.44 Å². The fraction of sp³-hybridized carbons (Fsp3) is 0.500. The molecule has 7 heteroatoms. The monoisotopic (exact) mass is 332 g/mol. The summed E-state index contributed by atoms with van der Waals surface area (Å²) >= 11 is 0. The molecule has 0 amide bonds. The number of rotatable bonds is 5. The zero-order chi connectivity index (χ0) is 14.9. The summed E-state index contributed by atoms with van der Waals surface area (Å²) in [6.45, 7) is 9.33. The lowest BCUT2D eigenvalue weighted by molar-refractivity contribution is 0.149. The van der Waals surface area contributed by atoms with Crippen LogP contribution in [0.1, 0.15) is 33.3 Å². The summed E-state index contributed by atoms with van der Waals surface area (Å²) in [5.41, 5.74) is 2.25. The van der Waals surface area contributed by atoms with E-state index in [1.54, 1.807) is 10.6 Å². The Morgan fingerprint density at radius 1 is 1.14 bits per heavy atom. The first-order valence-corrected chi connectivity index (χ1v) is 8.27. The molecule has 0 aromatic carbocycles. The van der Waals surface area contributed by atoms with Crippen molar-refractivity contribution in [1.82, 2.24) is 9.38 Å². The Kier molecular flexibility index (Phi) is 6.00. The van der Waals surface area contributed by atoms with Gasteiger partial charge in [0.1, 0.15) is 5.65 Å². The van der Waals surface area contributed by atoms with Crippen molar-refractivity contribution in [1.29, 1.82) is 0 Å². The minimum absolute atomic E-state index is 0. The van der Waals surface area contributed by atoms with Gasteiger partial charge in [-0.05, 0) is 46.2 Å². The van der Waals surface area contributed by atoms with Crippen LogP contribution in [0, 0.1) is 6.92 Å². The van der Waals surface area contributed by atoms with Gasteiger partial charge < -0.3 is 9.05 Å². The first kappa shape index (κ1) is 18.2. The van der Waals surface area contributed by atoms with Crippen LogP contribution in [0.5, 0.6) is 0 Å². The Hall–Kier alpha value is -0.870. The van der Waals surface area contributed by atoms with E-state index in [4.69, 9.17) is 9.05 Å².